The summed E-state index contributed by atoms with van der Waals surface area (Å²) in [6, 6.07) is 9.63. The molecule has 0 radical (unpaired) electrons. The van der Waals surface area contributed by atoms with Gasteiger partial charge in [0.05, 0.1) is 13.2 Å². The monoisotopic (exact) mass is 250 g/mol. The molecule has 0 fully saturated rings. The average Bonchev–Trinajstić information content (AvgIpc) is 2.35. The van der Waals surface area contributed by atoms with Crippen molar-refractivity contribution < 1.29 is 9.53 Å². The number of rotatable bonds is 7. The van der Waals surface area contributed by atoms with Crippen molar-refractivity contribution in [3.05, 3.63) is 30.3 Å². The number of anilines is 1. The summed E-state index contributed by atoms with van der Waals surface area (Å²) in [6.07, 6.45) is 0. The number of ether oxygens (including phenoxy) is 1. The Bertz CT molecular complexity index is 352. The van der Waals surface area contributed by atoms with Gasteiger partial charge in [-0.05, 0) is 18.1 Å². The van der Waals surface area contributed by atoms with Gasteiger partial charge < -0.3 is 15.4 Å². The summed E-state index contributed by atoms with van der Waals surface area (Å²) in [7, 11) is 1.67. The van der Waals surface area contributed by atoms with Gasteiger partial charge >= 0.3 is 0 Å². The number of benzene rings is 1. The Hall–Kier alpha value is -1.39. The van der Waals surface area contributed by atoms with Gasteiger partial charge in [0.25, 0.3) is 0 Å². The van der Waals surface area contributed by atoms with Crippen LogP contribution in [0.2, 0.25) is 0 Å². The topological polar surface area (TPSA) is 50.4 Å². The van der Waals surface area contributed by atoms with Gasteiger partial charge in [-0.1, -0.05) is 32.0 Å². The van der Waals surface area contributed by atoms with Gasteiger partial charge in [0, 0.05) is 18.8 Å². The van der Waals surface area contributed by atoms with E-state index in [1.54, 1.807) is 7.11 Å². The first-order valence-corrected chi connectivity index (χ1v) is 6.20. The number of amides is 1. The Morgan fingerprint density at radius 3 is 2.50 bits per heavy atom. The van der Waals surface area contributed by atoms with E-state index in [1.165, 1.54) is 0 Å². The van der Waals surface area contributed by atoms with Crippen molar-refractivity contribution in [3.63, 3.8) is 0 Å². The Morgan fingerprint density at radius 1 is 1.28 bits per heavy atom. The molecule has 0 saturated carbocycles. The zero-order valence-corrected chi connectivity index (χ0v) is 11.3. The number of methoxy groups -OCH3 is 1. The van der Waals surface area contributed by atoms with E-state index in [0.29, 0.717) is 19.1 Å². The Balaban J connectivity index is 2.36. The zero-order valence-electron chi connectivity index (χ0n) is 11.3. The fourth-order valence-electron chi connectivity index (χ4n) is 1.62. The highest BCUT2D eigenvalue weighted by Gasteiger charge is 2.13. The van der Waals surface area contributed by atoms with Gasteiger partial charge in [-0.2, -0.15) is 0 Å². The summed E-state index contributed by atoms with van der Waals surface area (Å²) in [5, 5.41) is 6.04. The lowest BCUT2D eigenvalue weighted by atomic mass is 10.1. The number of hydrogen-bond acceptors (Lipinski definition) is 3. The first-order valence-electron chi connectivity index (χ1n) is 6.20. The molecule has 0 aromatic heterocycles. The van der Waals surface area contributed by atoms with Crippen LogP contribution in [0, 0.1) is 5.92 Å². The number of nitrogens with one attached hydrogen (secondary N) is 2. The van der Waals surface area contributed by atoms with Crippen LogP contribution in [0.5, 0.6) is 0 Å². The Morgan fingerprint density at radius 2 is 1.94 bits per heavy atom. The Kier molecular flexibility index (Phi) is 6.39. The van der Waals surface area contributed by atoms with Gasteiger partial charge in [0.15, 0.2) is 0 Å². The van der Waals surface area contributed by atoms with E-state index in [-0.39, 0.29) is 11.9 Å². The predicted molar refractivity (Wildman–Crippen MR) is 73.6 cm³/mol. The largest absolute Gasteiger partial charge is 0.383 e. The van der Waals surface area contributed by atoms with Crippen molar-refractivity contribution in [1.82, 2.24) is 5.32 Å². The SMILES string of the molecule is COCC(NCC(=O)Nc1ccccc1)C(C)C. The van der Waals surface area contributed by atoms with E-state index in [0.717, 1.165) is 5.69 Å². The third kappa shape index (κ3) is 5.29. The molecular formula is C14H22N2O2. The summed E-state index contributed by atoms with van der Waals surface area (Å²) < 4.78 is 5.12. The molecule has 100 valence electrons. The van der Waals surface area contributed by atoms with Crippen LogP contribution in [-0.4, -0.2) is 32.2 Å². The molecule has 1 rings (SSSR count). The lowest BCUT2D eigenvalue weighted by Crippen LogP contribution is -2.42. The fourth-order valence-corrected chi connectivity index (χ4v) is 1.62. The molecule has 1 atom stereocenters. The van der Waals surface area contributed by atoms with Crippen molar-refractivity contribution in [2.75, 3.05) is 25.6 Å². The second kappa shape index (κ2) is 7.84. The highest BCUT2D eigenvalue weighted by molar-refractivity contribution is 5.92. The van der Waals surface area contributed by atoms with Crippen LogP contribution in [-0.2, 0) is 9.53 Å². The van der Waals surface area contributed by atoms with Gasteiger partial charge in [-0.25, -0.2) is 0 Å². The molecule has 1 amide bonds. The van der Waals surface area contributed by atoms with Gasteiger partial charge in [0.1, 0.15) is 0 Å². The van der Waals surface area contributed by atoms with Crippen molar-refractivity contribution in [1.29, 1.82) is 0 Å². The first kappa shape index (κ1) is 14.7. The minimum atomic E-state index is -0.0389. The van der Waals surface area contributed by atoms with E-state index >= 15 is 0 Å². The van der Waals surface area contributed by atoms with Crippen molar-refractivity contribution in [3.8, 4) is 0 Å². The second-order valence-corrected chi connectivity index (χ2v) is 4.60. The number of carbonyl (C=O) groups is 1. The van der Waals surface area contributed by atoms with Gasteiger partial charge in [-0.3, -0.25) is 4.79 Å². The summed E-state index contributed by atoms with van der Waals surface area (Å²) in [5.41, 5.74) is 0.817. The summed E-state index contributed by atoms with van der Waals surface area (Å²) in [4.78, 5) is 11.7. The smallest absolute Gasteiger partial charge is 0.238 e. The summed E-state index contributed by atoms with van der Waals surface area (Å²) in [6.45, 7) is 5.11. The van der Waals surface area contributed by atoms with Gasteiger partial charge in [0.2, 0.25) is 5.91 Å². The molecule has 0 spiro atoms. The predicted octanol–water partition coefficient (Wildman–Crippen LogP) is 1.89. The van der Waals surface area contributed by atoms with Crippen LogP contribution in [0.4, 0.5) is 5.69 Å². The lowest BCUT2D eigenvalue weighted by Gasteiger charge is -2.21. The molecule has 2 N–H and O–H groups in total. The second-order valence-electron chi connectivity index (χ2n) is 4.60. The standard InChI is InChI=1S/C14H22N2O2/c1-11(2)13(10-18-3)15-9-14(17)16-12-7-5-4-6-8-12/h4-8,11,13,15H,9-10H2,1-3H3,(H,16,17). The third-order valence-electron chi connectivity index (χ3n) is 2.73. The average molecular weight is 250 g/mol. The molecule has 0 aliphatic carbocycles. The van der Waals surface area contributed by atoms with Crippen molar-refractivity contribution in [2.24, 2.45) is 5.92 Å². The molecule has 1 unspecified atom stereocenters. The highest BCUT2D eigenvalue weighted by atomic mass is 16.5. The molecule has 0 aliphatic rings. The van der Waals surface area contributed by atoms with Crippen molar-refractivity contribution in [2.45, 2.75) is 19.9 Å². The fraction of sp³-hybridized carbons (Fsp3) is 0.500. The number of hydrogen-bond donors (Lipinski definition) is 2. The molecule has 4 nitrogen and oxygen atoms in total. The van der Waals surface area contributed by atoms with E-state index < -0.39 is 0 Å². The van der Waals surface area contributed by atoms with Crippen LogP contribution in [0.15, 0.2) is 30.3 Å². The molecular weight excluding hydrogens is 228 g/mol. The summed E-state index contributed by atoms with van der Waals surface area (Å²) >= 11 is 0. The number of carbonyl (C=O) groups excluding carboxylic acids is 1. The normalized spacial score (nSPS) is 12.4. The molecule has 0 saturated heterocycles. The minimum absolute atomic E-state index is 0.0389. The van der Waals surface area contributed by atoms with E-state index in [9.17, 15) is 4.79 Å². The quantitative estimate of drug-likeness (QED) is 0.777. The number of para-hydroxylation sites is 1. The van der Waals surface area contributed by atoms with E-state index in [2.05, 4.69) is 24.5 Å². The summed E-state index contributed by atoms with van der Waals surface area (Å²) in [5.74, 6) is 0.387. The van der Waals surface area contributed by atoms with Crippen LogP contribution in [0.1, 0.15) is 13.8 Å². The first-order chi connectivity index (χ1) is 8.63. The molecule has 1 aromatic carbocycles. The Labute approximate surface area is 109 Å². The molecule has 1 aromatic rings. The third-order valence-corrected chi connectivity index (χ3v) is 2.73. The van der Waals surface area contributed by atoms with Crippen LogP contribution >= 0.6 is 0 Å². The maximum Gasteiger partial charge on any atom is 0.238 e. The molecule has 0 bridgehead atoms. The minimum Gasteiger partial charge on any atom is -0.383 e. The van der Waals surface area contributed by atoms with Crippen LogP contribution in [0.25, 0.3) is 0 Å². The molecule has 4 heteroatoms. The molecule has 0 aliphatic heterocycles. The maximum absolute atomic E-state index is 11.7. The highest BCUT2D eigenvalue weighted by Crippen LogP contribution is 2.05. The maximum atomic E-state index is 11.7. The van der Waals surface area contributed by atoms with Gasteiger partial charge in [-0.15, -0.1) is 0 Å². The van der Waals surface area contributed by atoms with Crippen molar-refractivity contribution >= 4 is 11.6 Å². The zero-order chi connectivity index (χ0) is 13.4. The van der Waals surface area contributed by atoms with Crippen LogP contribution in [0.3, 0.4) is 0 Å². The van der Waals surface area contributed by atoms with E-state index in [1.807, 2.05) is 30.3 Å². The lowest BCUT2D eigenvalue weighted by molar-refractivity contribution is -0.115. The molecule has 18 heavy (non-hydrogen) atoms. The van der Waals surface area contributed by atoms with E-state index in [4.69, 9.17) is 4.74 Å². The molecule has 0 heterocycles. The van der Waals surface area contributed by atoms with Crippen LogP contribution < -0.4 is 10.6 Å².